The van der Waals surface area contributed by atoms with Gasteiger partial charge in [-0.25, -0.2) is 0 Å². The van der Waals surface area contributed by atoms with E-state index in [-0.39, 0.29) is 11.9 Å². The maximum absolute atomic E-state index is 12.3. The zero-order chi connectivity index (χ0) is 14.5. The Morgan fingerprint density at radius 2 is 2.00 bits per heavy atom. The summed E-state index contributed by atoms with van der Waals surface area (Å²) < 4.78 is 8.41. The van der Waals surface area contributed by atoms with E-state index in [9.17, 15) is 9.59 Å². The summed E-state index contributed by atoms with van der Waals surface area (Å²) in [4.78, 5) is 28.0. The first-order valence-electron chi connectivity index (χ1n) is 6.49. The van der Waals surface area contributed by atoms with Gasteiger partial charge in [-0.3, -0.25) is 14.5 Å². The predicted molar refractivity (Wildman–Crippen MR) is 73.6 cm³/mol. The lowest BCUT2D eigenvalue weighted by Crippen LogP contribution is -2.49. The Balaban J connectivity index is 1.81. The van der Waals surface area contributed by atoms with Crippen molar-refractivity contribution in [1.82, 2.24) is 19.4 Å². The highest BCUT2D eigenvalue weighted by Crippen LogP contribution is 2.14. The highest BCUT2D eigenvalue weighted by atomic mass is 32.1. The minimum atomic E-state index is -0.199. The summed E-state index contributed by atoms with van der Waals surface area (Å²) >= 11 is 1.14. The first-order valence-corrected chi connectivity index (χ1v) is 7.26. The molecule has 0 bridgehead atoms. The highest BCUT2D eigenvalue weighted by molar-refractivity contribution is 7.07. The maximum atomic E-state index is 12.3. The number of hydrogen-bond donors (Lipinski definition) is 0. The van der Waals surface area contributed by atoms with Gasteiger partial charge in [-0.15, -0.1) is 5.10 Å². The summed E-state index contributed by atoms with van der Waals surface area (Å²) in [5.74, 6) is -0.194. The predicted octanol–water partition coefficient (Wildman–Crippen LogP) is 0.167. The van der Waals surface area contributed by atoms with Gasteiger partial charge in [0, 0.05) is 32.7 Å². The van der Waals surface area contributed by atoms with Gasteiger partial charge in [-0.2, -0.15) is 0 Å². The molecule has 8 heteroatoms. The normalized spacial score (nSPS) is 16.2. The molecule has 0 N–H and O–H groups in total. The second-order valence-corrected chi connectivity index (χ2v) is 5.40. The average molecular weight is 298 g/mol. The number of aryl methyl sites for hydroxylation is 1. The molecule has 0 aliphatic carbocycles. The van der Waals surface area contributed by atoms with Gasteiger partial charge >= 0.3 is 5.97 Å². The Labute approximate surface area is 121 Å². The number of nitrogens with zero attached hydrogens (tertiary/aromatic N) is 4. The second-order valence-electron chi connectivity index (χ2n) is 4.65. The first-order chi connectivity index (χ1) is 9.61. The van der Waals surface area contributed by atoms with Crippen molar-refractivity contribution in [3.63, 3.8) is 0 Å². The Morgan fingerprint density at radius 3 is 2.55 bits per heavy atom. The lowest BCUT2D eigenvalue weighted by molar-refractivity contribution is -0.141. The summed E-state index contributed by atoms with van der Waals surface area (Å²) in [7, 11) is 1.39. The largest absolute Gasteiger partial charge is 0.469 e. The molecule has 1 aliphatic heterocycles. The van der Waals surface area contributed by atoms with Gasteiger partial charge in [0.1, 0.15) is 4.88 Å². The summed E-state index contributed by atoms with van der Waals surface area (Å²) in [6.07, 6.45) is 0.391. The number of methoxy groups -OCH3 is 1. The lowest BCUT2D eigenvalue weighted by atomic mass is 10.2. The van der Waals surface area contributed by atoms with E-state index in [4.69, 9.17) is 0 Å². The van der Waals surface area contributed by atoms with Gasteiger partial charge < -0.3 is 9.64 Å². The van der Waals surface area contributed by atoms with E-state index in [0.29, 0.717) is 36.6 Å². The first kappa shape index (κ1) is 14.9. The minimum absolute atomic E-state index is 0.00474. The third-order valence-corrected chi connectivity index (χ3v) is 4.18. The van der Waals surface area contributed by atoms with E-state index in [0.717, 1.165) is 24.6 Å². The maximum Gasteiger partial charge on any atom is 0.306 e. The molecule has 0 spiro atoms. The molecule has 0 unspecified atom stereocenters. The minimum Gasteiger partial charge on any atom is -0.469 e. The van der Waals surface area contributed by atoms with Crippen LogP contribution in [0.5, 0.6) is 0 Å². The van der Waals surface area contributed by atoms with E-state index in [1.807, 2.05) is 4.90 Å². The molecule has 1 saturated heterocycles. The highest BCUT2D eigenvalue weighted by Gasteiger charge is 2.25. The number of carbonyl (C=O) groups excluding carboxylic acids is 2. The third kappa shape index (κ3) is 3.51. The van der Waals surface area contributed by atoms with Crippen LogP contribution < -0.4 is 0 Å². The molecule has 1 amide bonds. The molecule has 20 heavy (non-hydrogen) atoms. The van der Waals surface area contributed by atoms with E-state index in [2.05, 4.69) is 19.2 Å². The molecule has 0 radical (unpaired) electrons. The van der Waals surface area contributed by atoms with Crippen LogP contribution in [0.4, 0.5) is 0 Å². The lowest BCUT2D eigenvalue weighted by Gasteiger charge is -2.34. The van der Waals surface area contributed by atoms with Gasteiger partial charge in [0.25, 0.3) is 5.91 Å². The number of piperazine rings is 1. The number of carbonyl (C=O) groups is 2. The van der Waals surface area contributed by atoms with Crippen molar-refractivity contribution < 1.29 is 14.3 Å². The van der Waals surface area contributed by atoms with Gasteiger partial charge in [-0.05, 0) is 18.5 Å². The van der Waals surface area contributed by atoms with Crippen LogP contribution in [0.15, 0.2) is 0 Å². The Morgan fingerprint density at radius 1 is 1.30 bits per heavy atom. The summed E-state index contributed by atoms with van der Waals surface area (Å²) in [6, 6.07) is 0. The topological polar surface area (TPSA) is 75.6 Å². The molecule has 7 nitrogen and oxygen atoms in total. The molecule has 0 atom stereocenters. The zero-order valence-electron chi connectivity index (χ0n) is 11.7. The van der Waals surface area contributed by atoms with Crippen molar-refractivity contribution in [2.45, 2.75) is 13.3 Å². The SMILES string of the molecule is COC(=O)CCN1CCN(C(=O)c2snnc2C)CC1. The molecule has 1 fully saturated rings. The van der Waals surface area contributed by atoms with Crippen LogP contribution in [-0.4, -0.2) is 71.1 Å². The fraction of sp³-hybridized carbons (Fsp3) is 0.667. The molecule has 1 aliphatic rings. The van der Waals surface area contributed by atoms with Crippen LogP contribution in [0.25, 0.3) is 0 Å². The van der Waals surface area contributed by atoms with Crippen molar-refractivity contribution >= 4 is 23.4 Å². The van der Waals surface area contributed by atoms with Crippen LogP contribution in [-0.2, 0) is 9.53 Å². The Kier molecular flexibility index (Phi) is 5.02. The molecule has 0 aromatic carbocycles. The van der Waals surface area contributed by atoms with Gasteiger partial charge in [-0.1, -0.05) is 4.49 Å². The van der Waals surface area contributed by atoms with Crippen LogP contribution in [0.3, 0.4) is 0 Å². The molecule has 2 rings (SSSR count). The van der Waals surface area contributed by atoms with Crippen molar-refractivity contribution in [2.75, 3.05) is 39.8 Å². The van der Waals surface area contributed by atoms with Crippen molar-refractivity contribution in [3.05, 3.63) is 10.6 Å². The van der Waals surface area contributed by atoms with E-state index in [1.54, 1.807) is 6.92 Å². The second kappa shape index (κ2) is 6.76. The molecule has 2 heterocycles. The van der Waals surface area contributed by atoms with E-state index < -0.39 is 0 Å². The molecule has 0 saturated carbocycles. The number of ether oxygens (including phenoxy) is 1. The average Bonchev–Trinajstić information content (AvgIpc) is 2.90. The molecular weight excluding hydrogens is 280 g/mol. The number of hydrogen-bond acceptors (Lipinski definition) is 7. The number of rotatable bonds is 4. The van der Waals surface area contributed by atoms with Crippen LogP contribution in [0.1, 0.15) is 21.8 Å². The van der Waals surface area contributed by atoms with Crippen molar-refractivity contribution in [3.8, 4) is 0 Å². The smallest absolute Gasteiger partial charge is 0.306 e. The molecule has 1 aromatic rings. The van der Waals surface area contributed by atoms with Crippen molar-refractivity contribution in [1.29, 1.82) is 0 Å². The quantitative estimate of drug-likeness (QED) is 0.738. The summed E-state index contributed by atoms with van der Waals surface area (Å²) in [5.41, 5.74) is 0.688. The summed E-state index contributed by atoms with van der Waals surface area (Å²) in [6.45, 7) is 5.34. The monoisotopic (exact) mass is 298 g/mol. The number of amides is 1. The van der Waals surface area contributed by atoms with E-state index in [1.165, 1.54) is 7.11 Å². The number of aromatic nitrogens is 2. The summed E-state index contributed by atoms with van der Waals surface area (Å²) in [5, 5.41) is 3.86. The fourth-order valence-corrected chi connectivity index (χ4v) is 2.72. The van der Waals surface area contributed by atoms with Crippen LogP contribution in [0.2, 0.25) is 0 Å². The van der Waals surface area contributed by atoms with E-state index >= 15 is 0 Å². The van der Waals surface area contributed by atoms with Crippen LogP contribution in [0, 0.1) is 6.92 Å². The Hall–Kier alpha value is -1.54. The molecule has 1 aromatic heterocycles. The molecular formula is C12H18N4O3S. The third-order valence-electron chi connectivity index (χ3n) is 3.37. The van der Waals surface area contributed by atoms with Gasteiger partial charge in [0.05, 0.1) is 19.2 Å². The van der Waals surface area contributed by atoms with Crippen molar-refractivity contribution in [2.24, 2.45) is 0 Å². The van der Waals surface area contributed by atoms with Crippen LogP contribution >= 0.6 is 11.5 Å². The zero-order valence-corrected chi connectivity index (χ0v) is 12.5. The molecule has 110 valence electrons. The fourth-order valence-electron chi connectivity index (χ4n) is 2.10. The van der Waals surface area contributed by atoms with Gasteiger partial charge in [0.15, 0.2) is 0 Å². The van der Waals surface area contributed by atoms with Gasteiger partial charge in [0.2, 0.25) is 0 Å². The standard InChI is InChI=1S/C12H18N4O3S/c1-9-11(20-14-13-9)12(18)16-7-5-15(6-8-16)4-3-10(17)19-2/h3-8H2,1-2H3. The Bertz CT molecular complexity index is 483. The number of esters is 1.